The van der Waals surface area contributed by atoms with Crippen molar-refractivity contribution in [3.8, 4) is 0 Å². The van der Waals surface area contributed by atoms with Gasteiger partial charge in [-0.15, -0.1) is 0 Å². The lowest BCUT2D eigenvalue weighted by Gasteiger charge is -2.35. The molecule has 0 atom stereocenters. The molecule has 2 rings (SSSR count). The van der Waals surface area contributed by atoms with E-state index >= 15 is 0 Å². The molecule has 3 nitrogen and oxygen atoms in total. The molecule has 0 saturated carbocycles. The number of nitrogens with one attached hydrogen (secondary N) is 2. The molecule has 1 aromatic rings. The van der Waals surface area contributed by atoms with Crippen LogP contribution in [0.1, 0.15) is 25.3 Å². The molecule has 15 heavy (non-hydrogen) atoms. The summed E-state index contributed by atoms with van der Waals surface area (Å²) < 4.78 is 0. The fourth-order valence-electron chi connectivity index (χ4n) is 2.02. The Hall–Kier alpha value is -1.09. The normalized spacial score (nSPS) is 19.9. The van der Waals surface area contributed by atoms with Gasteiger partial charge in [0.2, 0.25) is 0 Å². The minimum atomic E-state index is 0.200. The molecule has 3 heteroatoms. The van der Waals surface area contributed by atoms with Crippen LogP contribution in [0.4, 0.5) is 5.82 Å². The largest absolute Gasteiger partial charge is 0.365 e. The number of piperidine rings is 1. The number of rotatable bonds is 2. The van der Waals surface area contributed by atoms with Crippen molar-refractivity contribution in [3.05, 3.63) is 23.9 Å². The summed E-state index contributed by atoms with van der Waals surface area (Å²) in [4.78, 5) is 4.35. The van der Waals surface area contributed by atoms with E-state index in [-0.39, 0.29) is 5.54 Å². The molecule has 0 amide bonds. The van der Waals surface area contributed by atoms with Crippen LogP contribution in [-0.4, -0.2) is 23.6 Å². The molecule has 2 N–H and O–H groups in total. The van der Waals surface area contributed by atoms with Gasteiger partial charge in [0.1, 0.15) is 5.82 Å². The van der Waals surface area contributed by atoms with Gasteiger partial charge < -0.3 is 10.6 Å². The average molecular weight is 205 g/mol. The second kappa shape index (κ2) is 4.19. The van der Waals surface area contributed by atoms with Crippen LogP contribution >= 0.6 is 0 Å². The van der Waals surface area contributed by atoms with Crippen molar-refractivity contribution in [1.82, 2.24) is 10.3 Å². The Morgan fingerprint density at radius 1 is 1.40 bits per heavy atom. The second-order valence-corrected chi connectivity index (χ2v) is 4.65. The van der Waals surface area contributed by atoms with Crippen molar-refractivity contribution in [1.29, 1.82) is 0 Å². The third-order valence-corrected chi connectivity index (χ3v) is 3.05. The maximum absolute atomic E-state index is 4.35. The minimum Gasteiger partial charge on any atom is -0.365 e. The number of aryl methyl sites for hydroxylation is 1. The van der Waals surface area contributed by atoms with Crippen LogP contribution in [0.15, 0.2) is 18.3 Å². The average Bonchev–Trinajstić information content (AvgIpc) is 2.18. The van der Waals surface area contributed by atoms with Gasteiger partial charge in [0.15, 0.2) is 0 Å². The van der Waals surface area contributed by atoms with E-state index in [2.05, 4.69) is 35.5 Å². The maximum atomic E-state index is 4.35. The Morgan fingerprint density at radius 3 is 2.80 bits per heavy atom. The molecule has 0 unspecified atom stereocenters. The number of hydrogen-bond donors (Lipinski definition) is 2. The number of hydrogen-bond acceptors (Lipinski definition) is 3. The third-order valence-electron chi connectivity index (χ3n) is 3.05. The van der Waals surface area contributed by atoms with E-state index in [4.69, 9.17) is 0 Å². The van der Waals surface area contributed by atoms with E-state index in [1.807, 2.05) is 12.3 Å². The summed E-state index contributed by atoms with van der Waals surface area (Å²) >= 11 is 0. The zero-order valence-electron chi connectivity index (χ0n) is 9.51. The monoisotopic (exact) mass is 205 g/mol. The van der Waals surface area contributed by atoms with E-state index < -0.39 is 0 Å². The molecule has 1 aliphatic heterocycles. The molecule has 0 bridgehead atoms. The SMILES string of the molecule is Cc1ccnc(NC2(C)CCNCC2)c1. The lowest BCUT2D eigenvalue weighted by atomic mass is 9.90. The number of nitrogens with zero attached hydrogens (tertiary/aromatic N) is 1. The van der Waals surface area contributed by atoms with Gasteiger partial charge in [-0.25, -0.2) is 4.98 Å². The summed E-state index contributed by atoms with van der Waals surface area (Å²) in [5.41, 5.74) is 1.46. The Bertz CT molecular complexity index is 329. The molecule has 1 fully saturated rings. The lowest BCUT2D eigenvalue weighted by molar-refractivity contribution is 0.364. The molecule has 1 aromatic heterocycles. The second-order valence-electron chi connectivity index (χ2n) is 4.65. The topological polar surface area (TPSA) is 37.0 Å². The van der Waals surface area contributed by atoms with Crippen LogP contribution in [0.25, 0.3) is 0 Å². The summed E-state index contributed by atoms with van der Waals surface area (Å²) in [6.07, 6.45) is 4.17. The van der Waals surface area contributed by atoms with E-state index in [9.17, 15) is 0 Å². The highest BCUT2D eigenvalue weighted by Crippen LogP contribution is 2.22. The summed E-state index contributed by atoms with van der Waals surface area (Å²) in [7, 11) is 0. The molecule has 1 aliphatic rings. The van der Waals surface area contributed by atoms with Crippen LogP contribution < -0.4 is 10.6 Å². The Labute approximate surface area is 91.3 Å². The quantitative estimate of drug-likeness (QED) is 0.775. The van der Waals surface area contributed by atoms with E-state index in [0.29, 0.717) is 0 Å². The standard InChI is InChI=1S/C12H19N3/c1-10-3-6-14-11(9-10)15-12(2)4-7-13-8-5-12/h3,6,9,13H,4-5,7-8H2,1-2H3,(H,14,15). The van der Waals surface area contributed by atoms with Crippen molar-refractivity contribution in [3.63, 3.8) is 0 Å². The molecule has 0 aromatic carbocycles. The zero-order valence-corrected chi connectivity index (χ0v) is 9.51. The van der Waals surface area contributed by atoms with Gasteiger partial charge in [0, 0.05) is 11.7 Å². The predicted octanol–water partition coefficient (Wildman–Crippen LogP) is 1.94. The van der Waals surface area contributed by atoms with Crippen LogP contribution in [0.3, 0.4) is 0 Å². The molecular formula is C12H19N3. The van der Waals surface area contributed by atoms with Gasteiger partial charge in [-0.2, -0.15) is 0 Å². The molecule has 0 spiro atoms. The van der Waals surface area contributed by atoms with Crippen molar-refractivity contribution >= 4 is 5.82 Å². The first-order chi connectivity index (χ1) is 7.18. The Morgan fingerprint density at radius 2 is 2.13 bits per heavy atom. The van der Waals surface area contributed by atoms with Crippen LogP contribution in [-0.2, 0) is 0 Å². The van der Waals surface area contributed by atoms with Crippen LogP contribution in [0.2, 0.25) is 0 Å². The molecule has 2 heterocycles. The summed E-state index contributed by atoms with van der Waals surface area (Å²) in [5, 5.41) is 6.92. The van der Waals surface area contributed by atoms with Crippen molar-refractivity contribution in [2.24, 2.45) is 0 Å². The first kappa shape index (κ1) is 10.4. The highest BCUT2D eigenvalue weighted by molar-refractivity contribution is 5.39. The smallest absolute Gasteiger partial charge is 0.126 e. The Balaban J connectivity index is 2.06. The van der Waals surface area contributed by atoms with Gasteiger partial charge in [-0.05, 0) is 57.5 Å². The summed E-state index contributed by atoms with van der Waals surface area (Å²) in [6, 6.07) is 4.13. The first-order valence-electron chi connectivity index (χ1n) is 5.60. The predicted molar refractivity (Wildman–Crippen MR) is 63.1 cm³/mol. The van der Waals surface area contributed by atoms with Gasteiger partial charge in [0.25, 0.3) is 0 Å². The highest BCUT2D eigenvalue weighted by Gasteiger charge is 2.26. The highest BCUT2D eigenvalue weighted by atomic mass is 15.1. The van der Waals surface area contributed by atoms with Gasteiger partial charge in [-0.1, -0.05) is 0 Å². The van der Waals surface area contributed by atoms with E-state index in [0.717, 1.165) is 31.7 Å². The van der Waals surface area contributed by atoms with E-state index in [1.165, 1.54) is 5.56 Å². The summed E-state index contributed by atoms with van der Waals surface area (Å²) in [6.45, 7) is 6.56. The number of pyridine rings is 1. The van der Waals surface area contributed by atoms with Gasteiger partial charge in [-0.3, -0.25) is 0 Å². The van der Waals surface area contributed by atoms with Crippen molar-refractivity contribution < 1.29 is 0 Å². The van der Waals surface area contributed by atoms with Crippen LogP contribution in [0, 0.1) is 6.92 Å². The molecule has 0 radical (unpaired) electrons. The molecule has 1 saturated heterocycles. The van der Waals surface area contributed by atoms with Gasteiger partial charge in [0.05, 0.1) is 0 Å². The Kier molecular flexibility index (Phi) is 2.91. The molecule has 82 valence electrons. The van der Waals surface area contributed by atoms with Gasteiger partial charge >= 0.3 is 0 Å². The minimum absolute atomic E-state index is 0.200. The van der Waals surface area contributed by atoms with Crippen molar-refractivity contribution in [2.75, 3.05) is 18.4 Å². The van der Waals surface area contributed by atoms with Crippen LogP contribution in [0.5, 0.6) is 0 Å². The maximum Gasteiger partial charge on any atom is 0.126 e. The fourth-order valence-corrected chi connectivity index (χ4v) is 2.02. The first-order valence-corrected chi connectivity index (χ1v) is 5.60. The molecule has 0 aliphatic carbocycles. The number of aromatic nitrogens is 1. The van der Waals surface area contributed by atoms with Crippen molar-refractivity contribution in [2.45, 2.75) is 32.2 Å². The molecular weight excluding hydrogens is 186 g/mol. The lowest BCUT2D eigenvalue weighted by Crippen LogP contribution is -2.45. The van der Waals surface area contributed by atoms with E-state index in [1.54, 1.807) is 0 Å². The summed E-state index contributed by atoms with van der Waals surface area (Å²) in [5.74, 6) is 0.999. The third kappa shape index (κ3) is 2.69. The fraction of sp³-hybridized carbons (Fsp3) is 0.583. The zero-order chi connectivity index (χ0) is 10.7. The number of anilines is 1.